The molecule has 1 atom stereocenters. The van der Waals surface area contributed by atoms with Crippen LogP contribution in [0, 0.1) is 10.1 Å². The number of esters is 1. The van der Waals surface area contributed by atoms with Crippen LogP contribution in [0.2, 0.25) is 0 Å². The van der Waals surface area contributed by atoms with E-state index < -0.39 is 22.8 Å². The third-order valence-electron chi connectivity index (χ3n) is 3.73. The van der Waals surface area contributed by atoms with Gasteiger partial charge in [0.2, 0.25) is 0 Å². The zero-order valence-electron chi connectivity index (χ0n) is 14.3. The summed E-state index contributed by atoms with van der Waals surface area (Å²) in [4.78, 5) is 34.8. The maximum atomic E-state index is 12.4. The van der Waals surface area contributed by atoms with Crippen LogP contribution in [0.15, 0.2) is 48.5 Å². The number of rotatable bonds is 7. The first-order valence-electron chi connectivity index (χ1n) is 7.71. The Hall–Kier alpha value is -3.42. The minimum absolute atomic E-state index is 0.0770. The van der Waals surface area contributed by atoms with Crippen LogP contribution in [-0.2, 0) is 16.0 Å². The van der Waals surface area contributed by atoms with E-state index in [1.54, 1.807) is 24.3 Å². The number of nitrogens with zero attached hydrogens (tertiary/aromatic N) is 1. The van der Waals surface area contributed by atoms with Crippen LogP contribution in [0.1, 0.15) is 15.9 Å². The van der Waals surface area contributed by atoms with E-state index in [1.165, 1.54) is 32.4 Å². The van der Waals surface area contributed by atoms with Gasteiger partial charge in [-0.2, -0.15) is 0 Å². The molecule has 2 aromatic carbocycles. The van der Waals surface area contributed by atoms with Gasteiger partial charge in [-0.3, -0.25) is 14.9 Å². The van der Waals surface area contributed by atoms with Gasteiger partial charge in [0.05, 0.1) is 19.1 Å². The normalized spacial score (nSPS) is 11.3. The number of nitrogens with one attached hydrogen (secondary N) is 1. The monoisotopic (exact) mass is 358 g/mol. The van der Waals surface area contributed by atoms with Gasteiger partial charge in [0.1, 0.15) is 11.8 Å². The zero-order valence-corrected chi connectivity index (χ0v) is 14.3. The molecule has 0 aliphatic rings. The van der Waals surface area contributed by atoms with Gasteiger partial charge >= 0.3 is 5.97 Å². The molecule has 8 heteroatoms. The van der Waals surface area contributed by atoms with E-state index >= 15 is 0 Å². The summed E-state index contributed by atoms with van der Waals surface area (Å²) in [6.07, 6.45) is 0.150. The maximum absolute atomic E-state index is 12.4. The van der Waals surface area contributed by atoms with E-state index in [9.17, 15) is 19.7 Å². The fourth-order valence-corrected chi connectivity index (χ4v) is 2.43. The number of hydrogen-bond acceptors (Lipinski definition) is 6. The Labute approximate surface area is 149 Å². The topological polar surface area (TPSA) is 108 Å². The lowest BCUT2D eigenvalue weighted by Crippen LogP contribution is -2.43. The van der Waals surface area contributed by atoms with Crippen molar-refractivity contribution >= 4 is 17.6 Å². The lowest BCUT2D eigenvalue weighted by atomic mass is 10.0. The highest BCUT2D eigenvalue weighted by Gasteiger charge is 2.24. The molecule has 0 bridgehead atoms. The summed E-state index contributed by atoms with van der Waals surface area (Å²) in [5.74, 6) is -0.667. The van der Waals surface area contributed by atoms with Gasteiger partial charge in [0.15, 0.2) is 0 Å². The molecule has 26 heavy (non-hydrogen) atoms. The zero-order chi connectivity index (χ0) is 19.1. The molecule has 0 heterocycles. The van der Waals surface area contributed by atoms with Crippen LogP contribution in [-0.4, -0.2) is 37.1 Å². The first-order chi connectivity index (χ1) is 12.5. The van der Waals surface area contributed by atoms with E-state index in [0.717, 1.165) is 6.07 Å². The Balaban J connectivity index is 2.22. The molecule has 136 valence electrons. The number of nitro groups is 1. The summed E-state index contributed by atoms with van der Waals surface area (Å²) < 4.78 is 10.0. The van der Waals surface area contributed by atoms with E-state index in [2.05, 4.69) is 5.32 Å². The summed E-state index contributed by atoms with van der Waals surface area (Å²) in [6.45, 7) is 0. The second-order valence-electron chi connectivity index (χ2n) is 5.37. The van der Waals surface area contributed by atoms with Crippen LogP contribution < -0.4 is 10.1 Å². The highest BCUT2D eigenvalue weighted by atomic mass is 16.6. The third kappa shape index (κ3) is 4.56. The molecule has 0 saturated carbocycles. The number of carbonyl (C=O) groups is 2. The maximum Gasteiger partial charge on any atom is 0.328 e. The number of nitro benzene ring substituents is 1. The molecule has 0 spiro atoms. The summed E-state index contributed by atoms with van der Waals surface area (Å²) in [5, 5.41) is 13.4. The van der Waals surface area contributed by atoms with Crippen molar-refractivity contribution in [3.63, 3.8) is 0 Å². The molecule has 1 amide bonds. The number of carbonyl (C=O) groups excluding carboxylic acids is 2. The molecule has 0 aromatic heterocycles. The smallest absolute Gasteiger partial charge is 0.328 e. The molecule has 0 radical (unpaired) electrons. The number of non-ortho nitro benzene ring substituents is 1. The van der Waals surface area contributed by atoms with Crippen molar-refractivity contribution in [2.45, 2.75) is 12.5 Å². The van der Waals surface area contributed by atoms with Crippen molar-refractivity contribution in [2.24, 2.45) is 0 Å². The predicted molar refractivity (Wildman–Crippen MR) is 93.1 cm³/mol. The van der Waals surface area contributed by atoms with Gasteiger partial charge in [-0.05, 0) is 17.7 Å². The van der Waals surface area contributed by atoms with Gasteiger partial charge in [-0.15, -0.1) is 0 Å². The van der Waals surface area contributed by atoms with Crippen LogP contribution >= 0.6 is 0 Å². The predicted octanol–water partition coefficient (Wildman–Crippen LogP) is 2.12. The van der Waals surface area contributed by atoms with Gasteiger partial charge < -0.3 is 14.8 Å². The van der Waals surface area contributed by atoms with E-state index in [-0.39, 0.29) is 17.7 Å². The van der Waals surface area contributed by atoms with Crippen LogP contribution in [0.3, 0.4) is 0 Å². The minimum Gasteiger partial charge on any atom is -0.496 e. The molecule has 0 aliphatic carbocycles. The highest BCUT2D eigenvalue weighted by Crippen LogP contribution is 2.20. The quantitative estimate of drug-likeness (QED) is 0.461. The molecule has 8 nitrogen and oxygen atoms in total. The molecule has 0 unspecified atom stereocenters. The van der Waals surface area contributed by atoms with Gasteiger partial charge in [0, 0.05) is 24.1 Å². The van der Waals surface area contributed by atoms with Gasteiger partial charge in [-0.1, -0.05) is 24.3 Å². The number of para-hydroxylation sites is 1. The van der Waals surface area contributed by atoms with Crippen molar-refractivity contribution in [3.8, 4) is 5.75 Å². The number of amides is 1. The molecular weight excluding hydrogens is 340 g/mol. The van der Waals surface area contributed by atoms with Crippen molar-refractivity contribution in [1.82, 2.24) is 5.32 Å². The van der Waals surface area contributed by atoms with Crippen molar-refractivity contribution in [2.75, 3.05) is 14.2 Å². The fraction of sp³-hybridized carbons (Fsp3) is 0.222. The molecule has 0 aliphatic heterocycles. The number of ether oxygens (including phenoxy) is 2. The van der Waals surface area contributed by atoms with E-state index in [1.807, 2.05) is 0 Å². The standard InChI is InChI=1S/C18H18N2O6/c1-25-16-9-4-3-6-12(16)11-15(18(22)26-2)19-17(21)13-7-5-8-14(10-13)20(23)24/h3-10,15H,11H2,1-2H3,(H,19,21)/t15-/m1/s1. The van der Waals surface area contributed by atoms with Gasteiger partial charge in [0.25, 0.3) is 11.6 Å². The lowest BCUT2D eigenvalue weighted by molar-refractivity contribution is -0.384. The van der Waals surface area contributed by atoms with Crippen LogP contribution in [0.25, 0.3) is 0 Å². The van der Waals surface area contributed by atoms with Crippen LogP contribution in [0.4, 0.5) is 5.69 Å². The average molecular weight is 358 g/mol. The number of methoxy groups -OCH3 is 2. The molecule has 2 aromatic rings. The Kier molecular flexibility index (Phi) is 6.26. The molecule has 2 rings (SSSR count). The fourth-order valence-electron chi connectivity index (χ4n) is 2.43. The summed E-state index contributed by atoms with van der Waals surface area (Å²) in [5.41, 5.74) is 0.579. The second kappa shape index (κ2) is 8.61. The molecule has 0 saturated heterocycles. The largest absolute Gasteiger partial charge is 0.496 e. The first-order valence-corrected chi connectivity index (χ1v) is 7.71. The summed E-state index contributed by atoms with van der Waals surface area (Å²) in [7, 11) is 2.73. The minimum atomic E-state index is -0.969. The average Bonchev–Trinajstić information content (AvgIpc) is 2.67. The number of benzene rings is 2. The molecular formula is C18H18N2O6. The van der Waals surface area contributed by atoms with Crippen molar-refractivity contribution in [3.05, 3.63) is 69.8 Å². The number of hydrogen-bond donors (Lipinski definition) is 1. The van der Waals surface area contributed by atoms with E-state index in [0.29, 0.717) is 11.3 Å². The van der Waals surface area contributed by atoms with E-state index in [4.69, 9.17) is 9.47 Å². The summed E-state index contributed by atoms with van der Waals surface area (Å²) in [6, 6.07) is 11.4. The third-order valence-corrected chi connectivity index (χ3v) is 3.73. The summed E-state index contributed by atoms with van der Waals surface area (Å²) >= 11 is 0. The molecule has 1 N–H and O–H groups in total. The Bertz CT molecular complexity index is 821. The first kappa shape index (κ1) is 18.9. The second-order valence-corrected chi connectivity index (χ2v) is 5.37. The SMILES string of the molecule is COC(=O)[C@@H](Cc1ccccc1OC)NC(=O)c1cccc([N+](=O)[O-])c1. The lowest BCUT2D eigenvalue weighted by Gasteiger charge is -2.18. The van der Waals surface area contributed by atoms with Gasteiger partial charge in [-0.25, -0.2) is 4.79 Å². The van der Waals surface area contributed by atoms with Crippen molar-refractivity contribution < 1.29 is 24.0 Å². The molecule has 0 fully saturated rings. The highest BCUT2D eigenvalue weighted by molar-refractivity contribution is 5.97. The Morgan fingerprint density at radius 2 is 1.88 bits per heavy atom. The Morgan fingerprint density at radius 1 is 1.15 bits per heavy atom. The van der Waals surface area contributed by atoms with Crippen LogP contribution in [0.5, 0.6) is 5.75 Å². The Morgan fingerprint density at radius 3 is 2.54 bits per heavy atom. The van der Waals surface area contributed by atoms with Crippen molar-refractivity contribution in [1.29, 1.82) is 0 Å².